The quantitative estimate of drug-likeness (QED) is 0.767. The van der Waals surface area contributed by atoms with Gasteiger partial charge in [0, 0.05) is 13.6 Å². The normalized spacial score (nSPS) is 10.4. The molecule has 1 rings (SSSR count). The number of hydrogen-bond acceptors (Lipinski definition) is 4. The summed E-state index contributed by atoms with van der Waals surface area (Å²) in [5, 5.41) is 7.35. The molecule has 0 aliphatic carbocycles. The van der Waals surface area contributed by atoms with Crippen LogP contribution in [-0.4, -0.2) is 45.3 Å². The van der Waals surface area contributed by atoms with Crippen molar-refractivity contribution < 1.29 is 4.79 Å². The lowest BCUT2D eigenvalue weighted by Gasteiger charge is -2.15. The summed E-state index contributed by atoms with van der Waals surface area (Å²) in [4.78, 5) is 17.6. The number of carbonyl (C=O) groups excluding carboxylic acids is 1. The number of amides is 1. The van der Waals surface area contributed by atoms with Gasteiger partial charge in [-0.3, -0.25) is 9.89 Å². The highest BCUT2D eigenvalue weighted by atomic mass is 32.2. The van der Waals surface area contributed by atoms with E-state index in [0.29, 0.717) is 10.9 Å². The van der Waals surface area contributed by atoms with Crippen molar-refractivity contribution in [3.8, 4) is 0 Å². The molecule has 0 bridgehead atoms. The SMILES string of the molecule is CCCCN(C)C(=O)CSc1n[nH]c(C)n1. The van der Waals surface area contributed by atoms with Gasteiger partial charge in [0.05, 0.1) is 5.75 Å². The molecule has 0 unspecified atom stereocenters. The molecule has 90 valence electrons. The van der Waals surface area contributed by atoms with Gasteiger partial charge in [-0.1, -0.05) is 25.1 Å². The van der Waals surface area contributed by atoms with E-state index in [2.05, 4.69) is 22.1 Å². The summed E-state index contributed by atoms with van der Waals surface area (Å²) in [6.45, 7) is 4.78. The van der Waals surface area contributed by atoms with Crippen LogP contribution in [0.15, 0.2) is 5.16 Å². The zero-order valence-electron chi connectivity index (χ0n) is 9.99. The van der Waals surface area contributed by atoms with E-state index in [1.807, 2.05) is 14.0 Å². The van der Waals surface area contributed by atoms with Gasteiger partial charge in [-0.2, -0.15) is 0 Å². The highest BCUT2D eigenvalue weighted by Gasteiger charge is 2.10. The molecule has 0 radical (unpaired) electrons. The Kier molecular flexibility index (Phi) is 5.31. The van der Waals surface area contributed by atoms with Gasteiger partial charge in [-0.25, -0.2) is 4.98 Å². The monoisotopic (exact) mass is 242 g/mol. The number of aryl methyl sites for hydroxylation is 1. The third-order valence-corrected chi connectivity index (χ3v) is 3.01. The van der Waals surface area contributed by atoms with Crippen molar-refractivity contribution >= 4 is 17.7 Å². The van der Waals surface area contributed by atoms with Crippen LogP contribution in [0.5, 0.6) is 0 Å². The molecule has 6 heteroatoms. The Labute approximate surface area is 100 Å². The summed E-state index contributed by atoms with van der Waals surface area (Å²) < 4.78 is 0. The van der Waals surface area contributed by atoms with Crippen LogP contribution < -0.4 is 0 Å². The fraction of sp³-hybridized carbons (Fsp3) is 0.700. The van der Waals surface area contributed by atoms with E-state index in [1.165, 1.54) is 11.8 Å². The number of rotatable bonds is 6. The minimum atomic E-state index is 0.126. The van der Waals surface area contributed by atoms with Crippen LogP contribution in [0, 0.1) is 6.92 Å². The number of thioether (sulfide) groups is 1. The molecule has 0 saturated carbocycles. The molecular weight excluding hydrogens is 224 g/mol. The van der Waals surface area contributed by atoms with Crippen molar-refractivity contribution in [1.29, 1.82) is 0 Å². The number of aromatic amines is 1. The molecule has 1 amide bonds. The maximum atomic E-state index is 11.7. The molecule has 5 nitrogen and oxygen atoms in total. The van der Waals surface area contributed by atoms with Crippen LogP contribution in [-0.2, 0) is 4.79 Å². The summed E-state index contributed by atoms with van der Waals surface area (Å²) in [6.07, 6.45) is 2.15. The zero-order chi connectivity index (χ0) is 12.0. The smallest absolute Gasteiger partial charge is 0.232 e. The molecule has 16 heavy (non-hydrogen) atoms. The number of aromatic nitrogens is 3. The van der Waals surface area contributed by atoms with Gasteiger partial charge in [-0.05, 0) is 13.3 Å². The van der Waals surface area contributed by atoms with E-state index in [4.69, 9.17) is 0 Å². The number of nitrogens with zero attached hydrogens (tertiary/aromatic N) is 3. The Morgan fingerprint density at radius 2 is 2.31 bits per heavy atom. The summed E-state index contributed by atoms with van der Waals surface area (Å²) in [6, 6.07) is 0. The fourth-order valence-electron chi connectivity index (χ4n) is 1.14. The van der Waals surface area contributed by atoms with Crippen molar-refractivity contribution in [3.63, 3.8) is 0 Å². The lowest BCUT2D eigenvalue weighted by atomic mass is 10.3. The molecule has 1 N–H and O–H groups in total. The molecule has 1 aromatic rings. The second kappa shape index (κ2) is 6.52. The predicted molar refractivity (Wildman–Crippen MR) is 64.4 cm³/mol. The molecule has 1 aromatic heterocycles. The minimum absolute atomic E-state index is 0.126. The Morgan fingerprint density at radius 3 is 2.88 bits per heavy atom. The number of carbonyl (C=O) groups is 1. The summed E-state index contributed by atoms with van der Waals surface area (Å²) in [5.41, 5.74) is 0. The first-order valence-electron chi connectivity index (χ1n) is 5.39. The van der Waals surface area contributed by atoms with Gasteiger partial charge in [0.2, 0.25) is 11.1 Å². The lowest BCUT2D eigenvalue weighted by molar-refractivity contribution is -0.127. The van der Waals surface area contributed by atoms with Crippen molar-refractivity contribution in [3.05, 3.63) is 5.82 Å². The Balaban J connectivity index is 2.29. The van der Waals surface area contributed by atoms with Gasteiger partial charge in [0.25, 0.3) is 0 Å². The van der Waals surface area contributed by atoms with E-state index < -0.39 is 0 Å². The van der Waals surface area contributed by atoms with Crippen molar-refractivity contribution in [2.75, 3.05) is 19.3 Å². The average Bonchev–Trinajstić information content (AvgIpc) is 2.68. The van der Waals surface area contributed by atoms with Crippen LogP contribution in [0.4, 0.5) is 0 Å². The third-order valence-electron chi connectivity index (χ3n) is 2.17. The molecule has 0 aliphatic heterocycles. The molecule has 0 atom stereocenters. The van der Waals surface area contributed by atoms with Gasteiger partial charge in [-0.15, -0.1) is 5.10 Å². The first kappa shape index (κ1) is 13.0. The van der Waals surface area contributed by atoms with Crippen LogP contribution in [0.3, 0.4) is 0 Å². The summed E-state index contributed by atoms with van der Waals surface area (Å²) in [7, 11) is 1.84. The predicted octanol–water partition coefficient (Wildman–Crippen LogP) is 1.46. The van der Waals surface area contributed by atoms with Crippen LogP contribution in [0.25, 0.3) is 0 Å². The highest BCUT2D eigenvalue weighted by molar-refractivity contribution is 7.99. The number of unbranched alkanes of at least 4 members (excludes halogenated alkanes) is 1. The fourth-order valence-corrected chi connectivity index (χ4v) is 1.93. The maximum Gasteiger partial charge on any atom is 0.232 e. The Hall–Kier alpha value is -1.04. The van der Waals surface area contributed by atoms with Crippen LogP contribution in [0.1, 0.15) is 25.6 Å². The molecular formula is C10H18N4OS. The van der Waals surface area contributed by atoms with Crippen LogP contribution in [0.2, 0.25) is 0 Å². The van der Waals surface area contributed by atoms with E-state index in [9.17, 15) is 4.79 Å². The Bertz CT molecular complexity index is 339. The molecule has 1 heterocycles. The van der Waals surface area contributed by atoms with Crippen molar-refractivity contribution in [2.24, 2.45) is 0 Å². The van der Waals surface area contributed by atoms with Gasteiger partial charge in [0.1, 0.15) is 5.82 Å². The first-order chi connectivity index (χ1) is 7.63. The molecule has 0 aromatic carbocycles. The van der Waals surface area contributed by atoms with Gasteiger partial charge >= 0.3 is 0 Å². The van der Waals surface area contributed by atoms with Crippen molar-refractivity contribution in [2.45, 2.75) is 31.8 Å². The number of H-pyrrole nitrogens is 1. The molecule has 0 spiro atoms. The first-order valence-corrected chi connectivity index (χ1v) is 6.37. The second-order valence-electron chi connectivity index (χ2n) is 3.66. The number of nitrogens with one attached hydrogen (secondary N) is 1. The standard InChI is InChI=1S/C10H18N4OS/c1-4-5-6-14(3)9(15)7-16-10-11-8(2)12-13-10/h4-7H2,1-3H3,(H,11,12,13). The van der Waals surface area contributed by atoms with Crippen molar-refractivity contribution in [1.82, 2.24) is 20.1 Å². The number of hydrogen-bond donors (Lipinski definition) is 1. The second-order valence-corrected chi connectivity index (χ2v) is 4.60. The third kappa shape index (κ3) is 4.22. The molecule has 0 saturated heterocycles. The minimum Gasteiger partial charge on any atom is -0.345 e. The van der Waals surface area contributed by atoms with E-state index >= 15 is 0 Å². The topological polar surface area (TPSA) is 61.9 Å². The van der Waals surface area contributed by atoms with Crippen LogP contribution >= 0.6 is 11.8 Å². The van der Waals surface area contributed by atoms with Gasteiger partial charge in [0.15, 0.2) is 0 Å². The largest absolute Gasteiger partial charge is 0.345 e. The average molecular weight is 242 g/mol. The summed E-state index contributed by atoms with van der Waals surface area (Å²) >= 11 is 1.37. The van der Waals surface area contributed by atoms with Gasteiger partial charge < -0.3 is 4.90 Å². The lowest BCUT2D eigenvalue weighted by Crippen LogP contribution is -2.29. The van der Waals surface area contributed by atoms with E-state index in [0.717, 1.165) is 25.2 Å². The molecule has 0 aliphatic rings. The maximum absolute atomic E-state index is 11.7. The highest BCUT2D eigenvalue weighted by Crippen LogP contribution is 2.12. The van der Waals surface area contributed by atoms with E-state index in [-0.39, 0.29) is 5.91 Å². The summed E-state index contributed by atoms with van der Waals surface area (Å²) in [5.74, 6) is 1.30. The van der Waals surface area contributed by atoms with E-state index in [1.54, 1.807) is 4.90 Å². The Morgan fingerprint density at radius 1 is 1.56 bits per heavy atom. The zero-order valence-corrected chi connectivity index (χ0v) is 10.8. The molecule has 0 fully saturated rings.